The second kappa shape index (κ2) is 9.90. The first-order valence-corrected chi connectivity index (χ1v) is 6.94. The van der Waals surface area contributed by atoms with E-state index in [1.54, 1.807) is 19.2 Å². The van der Waals surface area contributed by atoms with Crippen LogP contribution in [-0.4, -0.2) is 45.2 Å². The molecule has 0 atom stereocenters. The summed E-state index contributed by atoms with van der Waals surface area (Å²) in [6.07, 6.45) is 0.332. The van der Waals surface area contributed by atoms with Crippen molar-refractivity contribution in [2.75, 3.05) is 38.7 Å². The summed E-state index contributed by atoms with van der Waals surface area (Å²) in [5, 5.41) is 8.68. The zero-order valence-electron chi connectivity index (χ0n) is 12.6. The SMILES string of the molecule is COCCNCCNC(=O)Cc1ccc(NC(C)=O)cc1. The number of hydrogen-bond acceptors (Lipinski definition) is 4. The van der Waals surface area contributed by atoms with Gasteiger partial charge in [0.15, 0.2) is 0 Å². The first-order chi connectivity index (χ1) is 10.1. The first kappa shape index (κ1) is 17.1. The van der Waals surface area contributed by atoms with Crippen molar-refractivity contribution in [2.45, 2.75) is 13.3 Å². The average Bonchev–Trinajstić information content (AvgIpc) is 2.44. The highest BCUT2D eigenvalue weighted by molar-refractivity contribution is 5.88. The van der Waals surface area contributed by atoms with Crippen LogP contribution in [0.5, 0.6) is 0 Å². The lowest BCUT2D eigenvalue weighted by atomic mass is 10.1. The van der Waals surface area contributed by atoms with Crippen LogP contribution in [0.15, 0.2) is 24.3 Å². The van der Waals surface area contributed by atoms with Gasteiger partial charge in [-0.2, -0.15) is 0 Å². The Labute approximate surface area is 125 Å². The van der Waals surface area contributed by atoms with E-state index in [2.05, 4.69) is 16.0 Å². The lowest BCUT2D eigenvalue weighted by Crippen LogP contribution is -2.33. The van der Waals surface area contributed by atoms with Crippen LogP contribution < -0.4 is 16.0 Å². The number of anilines is 1. The highest BCUT2D eigenvalue weighted by Gasteiger charge is 2.03. The number of amides is 2. The van der Waals surface area contributed by atoms with Crippen LogP contribution >= 0.6 is 0 Å². The molecule has 0 heterocycles. The third-order valence-electron chi connectivity index (χ3n) is 2.75. The topological polar surface area (TPSA) is 79.5 Å². The fourth-order valence-corrected chi connectivity index (χ4v) is 1.75. The standard InChI is InChI=1S/C15H23N3O3/c1-12(19)18-14-5-3-13(4-6-14)11-15(20)17-8-7-16-9-10-21-2/h3-6,16H,7-11H2,1-2H3,(H,17,20)(H,18,19). The lowest BCUT2D eigenvalue weighted by Gasteiger charge is -2.07. The van der Waals surface area contributed by atoms with E-state index in [0.29, 0.717) is 19.6 Å². The van der Waals surface area contributed by atoms with Crippen molar-refractivity contribution in [3.05, 3.63) is 29.8 Å². The molecule has 1 aromatic rings. The Balaban J connectivity index is 2.23. The van der Waals surface area contributed by atoms with E-state index in [9.17, 15) is 9.59 Å². The van der Waals surface area contributed by atoms with Gasteiger partial charge in [0, 0.05) is 39.4 Å². The van der Waals surface area contributed by atoms with Gasteiger partial charge in [-0.1, -0.05) is 12.1 Å². The molecule has 0 aliphatic rings. The van der Waals surface area contributed by atoms with Gasteiger partial charge < -0.3 is 20.7 Å². The van der Waals surface area contributed by atoms with Crippen molar-refractivity contribution in [3.63, 3.8) is 0 Å². The maximum absolute atomic E-state index is 11.7. The van der Waals surface area contributed by atoms with Crippen molar-refractivity contribution < 1.29 is 14.3 Å². The third kappa shape index (κ3) is 8.06. The summed E-state index contributed by atoms with van der Waals surface area (Å²) in [4.78, 5) is 22.6. The number of ether oxygens (including phenoxy) is 1. The van der Waals surface area contributed by atoms with Crippen molar-refractivity contribution in [2.24, 2.45) is 0 Å². The maximum Gasteiger partial charge on any atom is 0.224 e. The fourth-order valence-electron chi connectivity index (χ4n) is 1.75. The first-order valence-electron chi connectivity index (χ1n) is 6.94. The monoisotopic (exact) mass is 293 g/mol. The van der Waals surface area contributed by atoms with E-state index in [4.69, 9.17) is 4.74 Å². The summed E-state index contributed by atoms with van der Waals surface area (Å²) in [6.45, 7) is 4.21. The molecule has 0 fully saturated rings. The summed E-state index contributed by atoms with van der Waals surface area (Å²) < 4.78 is 4.91. The van der Waals surface area contributed by atoms with Gasteiger partial charge in [0.1, 0.15) is 0 Å². The van der Waals surface area contributed by atoms with Crippen LogP contribution in [0.4, 0.5) is 5.69 Å². The van der Waals surface area contributed by atoms with Crippen molar-refractivity contribution in [3.8, 4) is 0 Å². The Kier molecular flexibility index (Phi) is 8.08. The minimum Gasteiger partial charge on any atom is -0.383 e. The number of hydrogen-bond donors (Lipinski definition) is 3. The third-order valence-corrected chi connectivity index (χ3v) is 2.75. The Morgan fingerprint density at radius 2 is 1.81 bits per heavy atom. The normalized spacial score (nSPS) is 10.2. The summed E-state index contributed by atoms with van der Waals surface area (Å²) in [7, 11) is 1.65. The number of carbonyl (C=O) groups excluding carboxylic acids is 2. The Morgan fingerprint density at radius 1 is 1.10 bits per heavy atom. The lowest BCUT2D eigenvalue weighted by molar-refractivity contribution is -0.120. The minimum absolute atomic E-state index is 0.0178. The molecule has 6 nitrogen and oxygen atoms in total. The van der Waals surface area contributed by atoms with E-state index in [1.165, 1.54) is 6.92 Å². The molecule has 0 unspecified atom stereocenters. The molecule has 2 amide bonds. The number of carbonyl (C=O) groups is 2. The molecule has 3 N–H and O–H groups in total. The van der Waals surface area contributed by atoms with E-state index in [0.717, 1.165) is 24.3 Å². The number of benzene rings is 1. The predicted octanol–water partition coefficient (Wildman–Crippen LogP) is 0.540. The van der Waals surface area contributed by atoms with E-state index < -0.39 is 0 Å². The van der Waals surface area contributed by atoms with Crippen molar-refractivity contribution in [1.82, 2.24) is 10.6 Å². The molecule has 0 spiro atoms. The van der Waals surface area contributed by atoms with Gasteiger partial charge in [-0.3, -0.25) is 9.59 Å². The molecule has 6 heteroatoms. The Bertz CT molecular complexity index is 446. The van der Waals surface area contributed by atoms with Crippen LogP contribution in [0.25, 0.3) is 0 Å². The van der Waals surface area contributed by atoms with Crippen LogP contribution in [0.1, 0.15) is 12.5 Å². The molecule has 0 saturated carbocycles. The molecule has 116 valence electrons. The molecule has 0 aromatic heterocycles. The molecule has 1 aromatic carbocycles. The van der Waals surface area contributed by atoms with Gasteiger partial charge in [0.2, 0.25) is 11.8 Å². The maximum atomic E-state index is 11.7. The Hall–Kier alpha value is -1.92. The highest BCUT2D eigenvalue weighted by atomic mass is 16.5. The molecule has 0 saturated heterocycles. The molecular formula is C15H23N3O3. The van der Waals surface area contributed by atoms with Gasteiger partial charge in [0.05, 0.1) is 13.0 Å². The molecule has 0 aliphatic heterocycles. The van der Waals surface area contributed by atoms with Gasteiger partial charge in [-0.25, -0.2) is 0 Å². The fraction of sp³-hybridized carbons (Fsp3) is 0.467. The van der Waals surface area contributed by atoms with E-state index >= 15 is 0 Å². The predicted molar refractivity (Wildman–Crippen MR) is 82.2 cm³/mol. The molecule has 21 heavy (non-hydrogen) atoms. The smallest absolute Gasteiger partial charge is 0.224 e. The van der Waals surface area contributed by atoms with Gasteiger partial charge in [0.25, 0.3) is 0 Å². The number of nitrogens with one attached hydrogen (secondary N) is 3. The highest BCUT2D eigenvalue weighted by Crippen LogP contribution is 2.09. The quantitative estimate of drug-likeness (QED) is 0.581. The number of rotatable bonds is 9. The van der Waals surface area contributed by atoms with Gasteiger partial charge in [-0.05, 0) is 17.7 Å². The van der Waals surface area contributed by atoms with Gasteiger partial charge >= 0.3 is 0 Å². The molecule has 0 radical (unpaired) electrons. The second-order valence-corrected chi connectivity index (χ2v) is 4.65. The summed E-state index contributed by atoms with van der Waals surface area (Å²) >= 11 is 0. The molecule has 0 bridgehead atoms. The zero-order valence-corrected chi connectivity index (χ0v) is 12.6. The summed E-state index contributed by atoms with van der Waals surface area (Å²) in [5.74, 6) is -0.128. The summed E-state index contributed by atoms with van der Waals surface area (Å²) in [5.41, 5.74) is 1.64. The molecule has 1 rings (SSSR count). The zero-order chi connectivity index (χ0) is 15.5. The van der Waals surface area contributed by atoms with Crippen LogP contribution in [0.2, 0.25) is 0 Å². The van der Waals surface area contributed by atoms with Crippen molar-refractivity contribution >= 4 is 17.5 Å². The largest absolute Gasteiger partial charge is 0.383 e. The van der Waals surface area contributed by atoms with Crippen LogP contribution in [0, 0.1) is 0 Å². The summed E-state index contributed by atoms with van der Waals surface area (Å²) in [6, 6.07) is 7.25. The van der Waals surface area contributed by atoms with E-state index in [1.807, 2.05) is 12.1 Å². The van der Waals surface area contributed by atoms with Crippen LogP contribution in [0.3, 0.4) is 0 Å². The van der Waals surface area contributed by atoms with E-state index in [-0.39, 0.29) is 11.8 Å². The number of methoxy groups -OCH3 is 1. The van der Waals surface area contributed by atoms with Gasteiger partial charge in [-0.15, -0.1) is 0 Å². The Morgan fingerprint density at radius 3 is 2.43 bits per heavy atom. The van der Waals surface area contributed by atoms with Crippen molar-refractivity contribution in [1.29, 1.82) is 0 Å². The second-order valence-electron chi connectivity index (χ2n) is 4.65. The molecular weight excluding hydrogens is 270 g/mol. The minimum atomic E-state index is -0.110. The van der Waals surface area contributed by atoms with Crippen LogP contribution in [-0.2, 0) is 20.7 Å². The average molecular weight is 293 g/mol. The molecule has 0 aliphatic carbocycles.